The second-order valence-electron chi connectivity index (χ2n) is 5.01. The van der Waals surface area contributed by atoms with Crippen molar-refractivity contribution in [2.75, 3.05) is 0 Å². The summed E-state index contributed by atoms with van der Waals surface area (Å²) in [5.41, 5.74) is 0.327. The fourth-order valence-corrected chi connectivity index (χ4v) is 2.55. The minimum Gasteiger partial charge on any atom is -0.462 e. The first-order valence-electron chi connectivity index (χ1n) is 6.89. The van der Waals surface area contributed by atoms with Crippen LogP contribution in [0.3, 0.4) is 0 Å². The van der Waals surface area contributed by atoms with Gasteiger partial charge in [0.1, 0.15) is 6.61 Å². The Bertz CT molecular complexity index is 448. The van der Waals surface area contributed by atoms with Gasteiger partial charge in [0.15, 0.2) is 0 Å². The molecule has 3 atom stereocenters. The molecular weight excluding hydrogens is 340 g/mol. The third kappa shape index (κ3) is 4.40. The van der Waals surface area contributed by atoms with Gasteiger partial charge in [-0.1, -0.05) is 43.3 Å². The molecule has 5 heteroatoms. The van der Waals surface area contributed by atoms with Crippen LogP contribution in [-0.2, 0) is 53.6 Å². The first kappa shape index (κ1) is 18.9. The average molecular weight is 359 g/mol. The molecule has 1 aromatic rings. The topological polar surface area (TPSA) is 35.5 Å². The summed E-state index contributed by atoms with van der Waals surface area (Å²) in [6.45, 7) is 6.11. The molecule has 0 saturated carbocycles. The monoisotopic (exact) mass is 359 g/mol. The smallest absolute Gasteiger partial charge is 0.281 e. The van der Waals surface area contributed by atoms with Gasteiger partial charge in [-0.05, 0) is 17.9 Å². The van der Waals surface area contributed by atoms with Gasteiger partial charge in [-0.25, -0.2) is 0 Å². The minimum absolute atomic E-state index is 0. The maximum atomic E-state index is 12.3. The van der Waals surface area contributed by atoms with Crippen LogP contribution in [0, 0.1) is 19.3 Å². The molecule has 3 radical (unpaired) electrons. The van der Waals surface area contributed by atoms with E-state index in [2.05, 4.69) is 6.92 Å². The van der Waals surface area contributed by atoms with Crippen LogP contribution in [0.15, 0.2) is 30.3 Å². The van der Waals surface area contributed by atoms with E-state index in [1.54, 1.807) is 6.42 Å². The molecule has 0 amide bonds. The van der Waals surface area contributed by atoms with Crippen molar-refractivity contribution >= 4 is 13.8 Å². The van der Waals surface area contributed by atoms with Gasteiger partial charge in [0.05, 0.1) is 7.85 Å². The molecule has 1 aliphatic rings. The molecule has 1 heterocycles. The number of carbonyl (C=O) groups excluding carboxylic acids is 1. The predicted octanol–water partition coefficient (Wildman–Crippen LogP) is 2.45. The summed E-state index contributed by atoms with van der Waals surface area (Å²) in [7, 11) is 5.78. The zero-order valence-electron chi connectivity index (χ0n) is 12.3. The second-order valence-corrected chi connectivity index (χ2v) is 5.01. The molecule has 3 nitrogen and oxygen atoms in total. The Morgan fingerprint density at radius 3 is 2.71 bits per heavy atom. The molecule has 1 unspecified atom stereocenters. The second kappa shape index (κ2) is 8.45. The third-order valence-electron chi connectivity index (χ3n) is 3.82. The summed E-state index contributed by atoms with van der Waals surface area (Å²) in [5, 5.41) is 0. The summed E-state index contributed by atoms with van der Waals surface area (Å²) in [5.74, 6) is -0.754. The third-order valence-corrected chi connectivity index (χ3v) is 3.82. The molecule has 21 heavy (non-hydrogen) atoms. The first-order chi connectivity index (χ1) is 9.61. The summed E-state index contributed by atoms with van der Waals surface area (Å²) >= 11 is 0. The summed E-state index contributed by atoms with van der Waals surface area (Å²) < 4.78 is 11.1. The van der Waals surface area contributed by atoms with Crippen LogP contribution in [-0.4, -0.2) is 25.4 Å². The Kier molecular flexibility index (Phi) is 7.59. The van der Waals surface area contributed by atoms with E-state index in [0.29, 0.717) is 12.8 Å². The van der Waals surface area contributed by atoms with Gasteiger partial charge in [-0.3, -0.25) is 11.2 Å². The number of carbonyl (C=O) groups is 1. The molecule has 1 fully saturated rings. The molecule has 0 spiro atoms. The van der Waals surface area contributed by atoms with Crippen LogP contribution >= 0.6 is 0 Å². The largest absolute Gasteiger partial charge is 0.462 e. The summed E-state index contributed by atoms with van der Waals surface area (Å²) in [6, 6.07) is 9.05. The number of ether oxygens (including phenoxy) is 2. The van der Waals surface area contributed by atoms with E-state index in [1.165, 1.54) is 0 Å². The molecule has 0 N–H and O–H groups in total. The van der Waals surface area contributed by atoms with Gasteiger partial charge in [-0.2, -0.15) is 6.42 Å². The van der Waals surface area contributed by atoms with Gasteiger partial charge < -0.3 is 16.4 Å². The average Bonchev–Trinajstić information content (AvgIpc) is 2.83. The number of hydrogen-bond donors (Lipinski definition) is 0. The molecular formula is C16H19BO3Y-2. The fourth-order valence-electron chi connectivity index (χ4n) is 2.55. The van der Waals surface area contributed by atoms with E-state index in [4.69, 9.17) is 17.3 Å². The predicted molar refractivity (Wildman–Crippen MR) is 77.7 cm³/mol. The Balaban J connectivity index is 0.00000220. The van der Waals surface area contributed by atoms with Crippen LogP contribution < -0.4 is 0 Å². The zero-order valence-corrected chi connectivity index (χ0v) is 15.2. The van der Waals surface area contributed by atoms with Crippen molar-refractivity contribution in [3.63, 3.8) is 0 Å². The van der Waals surface area contributed by atoms with Gasteiger partial charge >= 0.3 is 0 Å². The Morgan fingerprint density at radius 1 is 1.48 bits per heavy atom. The SMILES string of the molecule is [B][C@H]1[CH-][C@H](C(=O)OCc2ccccc2)C(C[CH2-])(CC)O1.[Y]. The van der Waals surface area contributed by atoms with Crippen LogP contribution in [0.5, 0.6) is 0 Å². The fraction of sp³-hybridized carbons (Fsp3) is 0.438. The Hall–Kier alpha value is -0.181. The van der Waals surface area contributed by atoms with Crippen molar-refractivity contribution < 1.29 is 47.0 Å². The van der Waals surface area contributed by atoms with Crippen LogP contribution in [0.1, 0.15) is 25.3 Å². The number of esters is 1. The van der Waals surface area contributed by atoms with E-state index in [9.17, 15) is 4.79 Å². The van der Waals surface area contributed by atoms with Crippen molar-refractivity contribution in [2.45, 2.75) is 38.0 Å². The van der Waals surface area contributed by atoms with E-state index in [-0.39, 0.29) is 45.3 Å². The van der Waals surface area contributed by atoms with E-state index in [1.807, 2.05) is 37.3 Å². The Morgan fingerprint density at radius 2 is 2.14 bits per heavy atom. The van der Waals surface area contributed by atoms with Crippen LogP contribution in [0.25, 0.3) is 0 Å². The van der Waals surface area contributed by atoms with E-state index in [0.717, 1.165) is 5.56 Å². The van der Waals surface area contributed by atoms with E-state index < -0.39 is 17.5 Å². The first-order valence-corrected chi connectivity index (χ1v) is 6.89. The van der Waals surface area contributed by atoms with Crippen LogP contribution in [0.2, 0.25) is 0 Å². The van der Waals surface area contributed by atoms with Crippen molar-refractivity contribution in [3.8, 4) is 0 Å². The summed E-state index contributed by atoms with van der Waals surface area (Å²) in [6.07, 6.45) is 2.87. The summed E-state index contributed by atoms with van der Waals surface area (Å²) in [4.78, 5) is 12.3. The molecule has 0 bridgehead atoms. The van der Waals surface area contributed by atoms with Crippen LogP contribution in [0.4, 0.5) is 0 Å². The quantitative estimate of drug-likeness (QED) is 0.460. The normalized spacial score (nSPS) is 27.9. The van der Waals surface area contributed by atoms with Gasteiger partial charge in [0, 0.05) is 38.3 Å². The van der Waals surface area contributed by atoms with Gasteiger partial charge in [-0.15, -0.1) is 0 Å². The molecule has 1 saturated heterocycles. The Labute approximate surface area is 153 Å². The molecule has 109 valence electrons. The van der Waals surface area contributed by atoms with E-state index >= 15 is 0 Å². The van der Waals surface area contributed by atoms with Gasteiger partial charge in [0.25, 0.3) is 5.97 Å². The van der Waals surface area contributed by atoms with Gasteiger partial charge in [0.2, 0.25) is 0 Å². The molecule has 1 aromatic carbocycles. The standard InChI is InChI=1S/C16H19BO3.Y/c1-3-16(4-2)13(10-14(17)20-16)15(18)19-11-12-8-6-5-7-9-12;/h5-10,13-14H,1,3-4,11H2,2H3;/q-2;/t13-,14-,16?;/m1./s1. The number of rotatable bonds is 5. The number of hydrogen-bond acceptors (Lipinski definition) is 3. The number of benzene rings is 1. The van der Waals surface area contributed by atoms with Crippen molar-refractivity contribution in [1.82, 2.24) is 0 Å². The maximum absolute atomic E-state index is 12.3. The molecule has 0 aliphatic carbocycles. The minimum atomic E-state index is -0.632. The molecule has 2 rings (SSSR count). The molecule has 0 aromatic heterocycles. The van der Waals surface area contributed by atoms with Crippen molar-refractivity contribution in [2.24, 2.45) is 5.92 Å². The zero-order chi connectivity index (χ0) is 14.6. The van der Waals surface area contributed by atoms with Crippen molar-refractivity contribution in [1.29, 1.82) is 0 Å². The maximum Gasteiger partial charge on any atom is 0.281 e. The molecule has 1 aliphatic heterocycles. The van der Waals surface area contributed by atoms with Crippen molar-refractivity contribution in [3.05, 3.63) is 49.2 Å².